The van der Waals surface area contributed by atoms with E-state index in [1.807, 2.05) is 19.9 Å². The first-order valence-electron chi connectivity index (χ1n) is 8.11. The molecule has 0 spiro atoms. The highest BCUT2D eigenvalue weighted by molar-refractivity contribution is 7.89. The van der Waals surface area contributed by atoms with Gasteiger partial charge in [0, 0.05) is 17.7 Å². The number of benzene rings is 2. The third-order valence-corrected chi connectivity index (χ3v) is 5.68. The molecule has 0 aromatic heterocycles. The van der Waals surface area contributed by atoms with E-state index in [1.165, 1.54) is 12.1 Å². The number of nitro benzene ring substituents is 1. The van der Waals surface area contributed by atoms with E-state index in [0.717, 1.165) is 22.9 Å². The second kappa shape index (κ2) is 7.84. The topological polar surface area (TPSA) is 98.5 Å². The van der Waals surface area contributed by atoms with Crippen LogP contribution in [0.15, 0.2) is 41.3 Å². The average molecular weight is 378 g/mol. The van der Waals surface area contributed by atoms with Crippen molar-refractivity contribution in [1.29, 1.82) is 0 Å². The number of hydrogen-bond acceptors (Lipinski definition) is 5. The molecule has 2 aromatic carbocycles. The van der Waals surface area contributed by atoms with Crippen LogP contribution in [0.25, 0.3) is 0 Å². The summed E-state index contributed by atoms with van der Waals surface area (Å²) >= 11 is 0. The molecule has 0 radical (unpaired) electrons. The van der Waals surface area contributed by atoms with Crippen molar-refractivity contribution in [2.24, 2.45) is 0 Å². The molecule has 0 saturated carbocycles. The molecule has 0 bridgehead atoms. The first kappa shape index (κ1) is 19.9. The van der Waals surface area contributed by atoms with Gasteiger partial charge >= 0.3 is 0 Å². The Hall–Kier alpha value is -2.45. The van der Waals surface area contributed by atoms with Gasteiger partial charge in [-0.15, -0.1) is 0 Å². The predicted octanol–water partition coefficient (Wildman–Crippen LogP) is 3.65. The molecule has 1 atom stereocenters. The third kappa shape index (κ3) is 4.20. The molecule has 7 nitrogen and oxygen atoms in total. The standard InChI is InChI=1S/C18H22N2O5S/c1-5-16(14-7-9-18(25-4)13(3)10-14)19-26(23,24)15-8-6-12(2)17(11-15)20(21)22/h6-11,16,19H,5H2,1-4H3. The summed E-state index contributed by atoms with van der Waals surface area (Å²) in [6, 6.07) is 8.90. The minimum atomic E-state index is -3.91. The molecule has 0 fully saturated rings. The summed E-state index contributed by atoms with van der Waals surface area (Å²) in [6.45, 7) is 5.31. The molecule has 1 N–H and O–H groups in total. The van der Waals surface area contributed by atoms with Crippen LogP contribution < -0.4 is 9.46 Å². The average Bonchev–Trinajstić information content (AvgIpc) is 2.59. The van der Waals surface area contributed by atoms with E-state index < -0.39 is 21.0 Å². The van der Waals surface area contributed by atoms with Gasteiger partial charge in [-0.2, -0.15) is 0 Å². The van der Waals surface area contributed by atoms with Gasteiger partial charge in [0.1, 0.15) is 5.75 Å². The van der Waals surface area contributed by atoms with Crippen LogP contribution in [-0.2, 0) is 10.0 Å². The van der Waals surface area contributed by atoms with Gasteiger partial charge < -0.3 is 4.74 Å². The van der Waals surface area contributed by atoms with E-state index in [9.17, 15) is 18.5 Å². The second-order valence-corrected chi connectivity index (χ2v) is 7.73. The molecular weight excluding hydrogens is 356 g/mol. The van der Waals surface area contributed by atoms with Crippen LogP contribution >= 0.6 is 0 Å². The van der Waals surface area contributed by atoms with Crippen molar-refractivity contribution in [2.75, 3.05) is 7.11 Å². The first-order valence-corrected chi connectivity index (χ1v) is 9.59. The molecule has 26 heavy (non-hydrogen) atoms. The molecule has 2 rings (SSSR count). The van der Waals surface area contributed by atoms with Crippen molar-refractivity contribution in [1.82, 2.24) is 4.72 Å². The molecule has 0 aliphatic carbocycles. The van der Waals surface area contributed by atoms with Gasteiger partial charge in [0.2, 0.25) is 10.0 Å². The lowest BCUT2D eigenvalue weighted by atomic mass is 10.0. The van der Waals surface area contributed by atoms with E-state index in [4.69, 9.17) is 4.74 Å². The van der Waals surface area contributed by atoms with Crippen molar-refractivity contribution < 1.29 is 18.1 Å². The van der Waals surface area contributed by atoms with Crippen LogP contribution in [0, 0.1) is 24.0 Å². The molecule has 0 heterocycles. The maximum atomic E-state index is 12.7. The molecule has 1 unspecified atom stereocenters. The molecular formula is C18H22N2O5S. The van der Waals surface area contributed by atoms with Crippen molar-refractivity contribution in [2.45, 2.75) is 38.1 Å². The summed E-state index contributed by atoms with van der Waals surface area (Å²) in [7, 11) is -2.33. The van der Waals surface area contributed by atoms with Crippen molar-refractivity contribution in [3.63, 3.8) is 0 Å². The zero-order valence-corrected chi connectivity index (χ0v) is 16.0. The number of methoxy groups -OCH3 is 1. The number of hydrogen-bond donors (Lipinski definition) is 1. The Kier molecular flexibility index (Phi) is 5.99. The SMILES string of the molecule is CCC(NS(=O)(=O)c1ccc(C)c([N+](=O)[O-])c1)c1ccc(OC)c(C)c1. The Morgan fingerprint density at radius 2 is 1.85 bits per heavy atom. The highest BCUT2D eigenvalue weighted by Gasteiger charge is 2.23. The van der Waals surface area contributed by atoms with Crippen LogP contribution in [-0.4, -0.2) is 20.5 Å². The normalized spacial score (nSPS) is 12.6. The molecule has 8 heteroatoms. The molecule has 140 valence electrons. The number of rotatable bonds is 7. The van der Waals surface area contributed by atoms with E-state index >= 15 is 0 Å². The van der Waals surface area contributed by atoms with E-state index in [-0.39, 0.29) is 10.6 Å². The van der Waals surface area contributed by atoms with Crippen molar-refractivity contribution in [3.8, 4) is 5.75 Å². The van der Waals surface area contributed by atoms with Crippen LogP contribution in [0.1, 0.15) is 36.1 Å². The Labute approximate surface area is 153 Å². The van der Waals surface area contributed by atoms with Gasteiger partial charge in [0.15, 0.2) is 0 Å². The Balaban J connectivity index is 2.36. The van der Waals surface area contributed by atoms with Crippen LogP contribution in [0.4, 0.5) is 5.69 Å². The highest BCUT2D eigenvalue weighted by atomic mass is 32.2. The molecule has 0 saturated heterocycles. The first-order chi connectivity index (χ1) is 12.2. The Bertz CT molecular complexity index is 925. The zero-order valence-electron chi connectivity index (χ0n) is 15.1. The van der Waals surface area contributed by atoms with Gasteiger partial charge in [-0.3, -0.25) is 10.1 Å². The minimum Gasteiger partial charge on any atom is -0.496 e. The molecule has 0 aliphatic heterocycles. The number of nitro groups is 1. The number of nitrogens with zero attached hydrogens (tertiary/aromatic N) is 1. The van der Waals surface area contributed by atoms with Crippen molar-refractivity contribution >= 4 is 15.7 Å². The van der Waals surface area contributed by atoms with Gasteiger partial charge in [0.25, 0.3) is 5.69 Å². The summed E-state index contributed by atoms with van der Waals surface area (Å²) in [6.07, 6.45) is 0.527. The quantitative estimate of drug-likeness (QED) is 0.586. The van der Waals surface area contributed by atoms with E-state index in [0.29, 0.717) is 12.0 Å². The Morgan fingerprint density at radius 1 is 1.15 bits per heavy atom. The largest absolute Gasteiger partial charge is 0.496 e. The lowest BCUT2D eigenvalue weighted by molar-refractivity contribution is -0.385. The molecule has 2 aromatic rings. The molecule has 0 amide bonds. The lowest BCUT2D eigenvalue weighted by Crippen LogP contribution is -2.28. The summed E-state index contributed by atoms with van der Waals surface area (Å²) in [5, 5.41) is 11.1. The number of ether oxygens (including phenoxy) is 1. The highest BCUT2D eigenvalue weighted by Crippen LogP contribution is 2.27. The zero-order chi connectivity index (χ0) is 19.5. The van der Waals surface area contributed by atoms with Gasteiger partial charge in [-0.25, -0.2) is 13.1 Å². The van der Waals surface area contributed by atoms with E-state index in [2.05, 4.69) is 4.72 Å². The fourth-order valence-electron chi connectivity index (χ4n) is 2.71. The van der Waals surface area contributed by atoms with Gasteiger partial charge in [-0.1, -0.05) is 25.1 Å². The Morgan fingerprint density at radius 3 is 2.38 bits per heavy atom. The summed E-state index contributed by atoms with van der Waals surface area (Å²) in [4.78, 5) is 10.4. The van der Waals surface area contributed by atoms with Crippen LogP contribution in [0.2, 0.25) is 0 Å². The maximum absolute atomic E-state index is 12.7. The monoisotopic (exact) mass is 378 g/mol. The summed E-state index contributed by atoms with van der Waals surface area (Å²) in [5.74, 6) is 0.723. The van der Waals surface area contributed by atoms with Gasteiger partial charge in [-0.05, 0) is 43.5 Å². The molecule has 0 aliphatic rings. The van der Waals surface area contributed by atoms with E-state index in [1.54, 1.807) is 26.2 Å². The maximum Gasteiger partial charge on any atom is 0.273 e. The smallest absolute Gasteiger partial charge is 0.273 e. The van der Waals surface area contributed by atoms with Crippen LogP contribution in [0.3, 0.4) is 0 Å². The minimum absolute atomic E-state index is 0.126. The number of aryl methyl sites for hydroxylation is 2. The fraction of sp³-hybridized carbons (Fsp3) is 0.333. The summed E-state index contributed by atoms with van der Waals surface area (Å²) in [5.41, 5.74) is 1.89. The second-order valence-electron chi connectivity index (χ2n) is 6.02. The summed E-state index contributed by atoms with van der Waals surface area (Å²) < 4.78 is 33.3. The third-order valence-electron chi connectivity index (χ3n) is 4.21. The lowest BCUT2D eigenvalue weighted by Gasteiger charge is -2.19. The van der Waals surface area contributed by atoms with Crippen LogP contribution in [0.5, 0.6) is 5.75 Å². The van der Waals surface area contributed by atoms with Crippen molar-refractivity contribution in [3.05, 3.63) is 63.2 Å². The number of sulfonamides is 1. The predicted molar refractivity (Wildman–Crippen MR) is 98.9 cm³/mol. The fourth-order valence-corrected chi connectivity index (χ4v) is 4.04. The van der Waals surface area contributed by atoms with Gasteiger partial charge in [0.05, 0.1) is 16.9 Å². The number of nitrogens with one attached hydrogen (secondary N) is 1.